The number of nitrogens with one attached hydrogen (secondary N) is 1. The molecule has 0 saturated carbocycles. The lowest BCUT2D eigenvalue weighted by Gasteiger charge is -2.08. The number of hydrogen-bond acceptors (Lipinski definition) is 3. The third-order valence-electron chi connectivity index (χ3n) is 1.47. The van der Waals surface area contributed by atoms with Crippen molar-refractivity contribution in [1.29, 1.82) is 0 Å². The van der Waals surface area contributed by atoms with Crippen LogP contribution in [0.3, 0.4) is 0 Å². The highest BCUT2D eigenvalue weighted by Crippen LogP contribution is 2.13. The fourth-order valence-corrected chi connectivity index (χ4v) is 1.41. The summed E-state index contributed by atoms with van der Waals surface area (Å²) in [4.78, 5) is 0. The van der Waals surface area contributed by atoms with E-state index in [0.717, 1.165) is 6.42 Å². The minimum absolute atomic E-state index is 0.0364. The lowest BCUT2D eigenvalue weighted by Crippen LogP contribution is -2.25. The van der Waals surface area contributed by atoms with Gasteiger partial charge in [-0.05, 0) is 13.0 Å². The first kappa shape index (κ1) is 14.9. The maximum atomic E-state index is 11.6. The van der Waals surface area contributed by atoms with Crippen molar-refractivity contribution in [3.63, 3.8) is 0 Å². The van der Waals surface area contributed by atoms with E-state index in [9.17, 15) is 17.4 Å². The van der Waals surface area contributed by atoms with Gasteiger partial charge < -0.3 is 10.1 Å². The lowest BCUT2D eigenvalue weighted by molar-refractivity contribution is -0.173. The van der Waals surface area contributed by atoms with Crippen LogP contribution in [0.4, 0.5) is 13.2 Å². The zero-order valence-corrected chi connectivity index (χ0v) is 9.42. The Kier molecular flexibility index (Phi) is 7.99. The van der Waals surface area contributed by atoms with Crippen molar-refractivity contribution in [3.05, 3.63) is 0 Å². The summed E-state index contributed by atoms with van der Waals surface area (Å²) in [5, 5.41) is 2.90. The quantitative estimate of drug-likeness (QED) is 0.648. The van der Waals surface area contributed by atoms with Crippen molar-refractivity contribution < 1.29 is 22.1 Å². The Morgan fingerprint density at radius 3 is 2.53 bits per heavy atom. The minimum Gasteiger partial charge on any atom is -0.371 e. The van der Waals surface area contributed by atoms with Crippen LogP contribution in [0.1, 0.15) is 6.42 Å². The molecule has 0 aliphatic heterocycles. The summed E-state index contributed by atoms with van der Waals surface area (Å²) in [6.45, 7) is -0.135. The highest BCUT2D eigenvalue weighted by atomic mass is 32.2. The van der Waals surface area contributed by atoms with Crippen molar-refractivity contribution in [3.8, 4) is 0 Å². The van der Waals surface area contributed by atoms with Crippen molar-refractivity contribution in [2.24, 2.45) is 0 Å². The lowest BCUT2D eigenvalue weighted by atomic mass is 10.5. The molecule has 0 aromatic rings. The highest BCUT2D eigenvalue weighted by Gasteiger charge is 2.27. The third kappa shape index (κ3) is 13.9. The van der Waals surface area contributed by atoms with Crippen LogP contribution in [0.5, 0.6) is 0 Å². The van der Waals surface area contributed by atoms with E-state index in [1.165, 1.54) is 0 Å². The molecule has 1 N–H and O–H groups in total. The molecule has 3 nitrogen and oxygen atoms in total. The van der Waals surface area contributed by atoms with E-state index in [4.69, 9.17) is 0 Å². The van der Waals surface area contributed by atoms with E-state index in [-0.39, 0.29) is 6.61 Å². The van der Waals surface area contributed by atoms with Gasteiger partial charge in [-0.1, -0.05) is 0 Å². The first-order valence-corrected chi connectivity index (χ1v) is 6.30. The zero-order valence-electron chi connectivity index (χ0n) is 8.60. The molecule has 0 heterocycles. The zero-order chi connectivity index (χ0) is 11.7. The molecule has 0 aliphatic rings. The molecule has 1 atom stereocenters. The Balaban J connectivity index is 3.09. The predicted octanol–water partition coefficient (Wildman–Crippen LogP) is 0.923. The predicted molar refractivity (Wildman–Crippen MR) is 53.3 cm³/mol. The van der Waals surface area contributed by atoms with Crippen LogP contribution in [0.2, 0.25) is 0 Å². The smallest absolute Gasteiger partial charge is 0.371 e. The van der Waals surface area contributed by atoms with Gasteiger partial charge in [-0.2, -0.15) is 13.2 Å². The van der Waals surface area contributed by atoms with Gasteiger partial charge in [0.2, 0.25) is 0 Å². The summed E-state index contributed by atoms with van der Waals surface area (Å²) < 4.78 is 49.8. The Morgan fingerprint density at radius 1 is 1.33 bits per heavy atom. The van der Waals surface area contributed by atoms with Crippen LogP contribution in [0, 0.1) is 0 Å². The molecular weight excluding hydrogens is 231 g/mol. The molecule has 0 radical (unpaired) electrons. The molecule has 15 heavy (non-hydrogen) atoms. The molecule has 0 aromatic carbocycles. The van der Waals surface area contributed by atoms with E-state index < -0.39 is 23.6 Å². The van der Waals surface area contributed by atoms with Gasteiger partial charge in [-0.25, -0.2) is 0 Å². The Morgan fingerprint density at radius 2 is 2.00 bits per heavy atom. The third-order valence-corrected chi connectivity index (χ3v) is 2.34. The van der Waals surface area contributed by atoms with Gasteiger partial charge in [0.1, 0.15) is 6.61 Å². The fraction of sp³-hybridized carbons (Fsp3) is 1.00. The summed E-state index contributed by atoms with van der Waals surface area (Å²) >= 11 is 0. The second kappa shape index (κ2) is 8.06. The highest BCUT2D eigenvalue weighted by molar-refractivity contribution is 7.84. The number of rotatable bonds is 8. The van der Waals surface area contributed by atoms with Crippen LogP contribution < -0.4 is 5.32 Å². The molecule has 0 aliphatic carbocycles. The van der Waals surface area contributed by atoms with E-state index in [1.54, 1.807) is 6.26 Å². The topological polar surface area (TPSA) is 38.3 Å². The molecule has 0 spiro atoms. The summed E-state index contributed by atoms with van der Waals surface area (Å²) in [6.07, 6.45) is -1.88. The van der Waals surface area contributed by atoms with Gasteiger partial charge in [0, 0.05) is 29.4 Å². The largest absolute Gasteiger partial charge is 0.411 e. The van der Waals surface area contributed by atoms with Crippen molar-refractivity contribution in [2.45, 2.75) is 12.6 Å². The molecule has 7 heteroatoms. The van der Waals surface area contributed by atoms with Crippen molar-refractivity contribution >= 4 is 10.8 Å². The van der Waals surface area contributed by atoms with E-state index in [1.807, 2.05) is 0 Å². The monoisotopic (exact) mass is 247 g/mol. The molecule has 92 valence electrons. The number of alkyl halides is 3. The average Bonchev–Trinajstić information content (AvgIpc) is 2.07. The van der Waals surface area contributed by atoms with Crippen LogP contribution in [0.25, 0.3) is 0 Å². The van der Waals surface area contributed by atoms with Gasteiger partial charge in [0.15, 0.2) is 0 Å². The van der Waals surface area contributed by atoms with Crippen LogP contribution in [-0.2, 0) is 15.5 Å². The standard InChI is InChI=1S/C8H16F3NO2S/c1-15(13)6-2-3-12-4-5-14-7-8(9,10)11/h12H,2-7H2,1H3. The Bertz CT molecular complexity index is 187. The molecule has 1 unspecified atom stereocenters. The molecule has 0 saturated heterocycles. The van der Waals surface area contributed by atoms with Gasteiger partial charge >= 0.3 is 6.18 Å². The maximum absolute atomic E-state index is 11.6. The molecule has 0 amide bonds. The van der Waals surface area contributed by atoms with Crippen LogP contribution >= 0.6 is 0 Å². The van der Waals surface area contributed by atoms with E-state index >= 15 is 0 Å². The molecule has 0 rings (SSSR count). The minimum atomic E-state index is -4.25. The number of halogens is 3. The van der Waals surface area contributed by atoms with Gasteiger partial charge in [-0.3, -0.25) is 4.21 Å². The van der Waals surface area contributed by atoms with E-state index in [2.05, 4.69) is 10.1 Å². The van der Waals surface area contributed by atoms with Crippen molar-refractivity contribution in [1.82, 2.24) is 5.32 Å². The SMILES string of the molecule is CS(=O)CCCNCCOCC(F)(F)F. The Labute approximate surface area is 89.8 Å². The van der Waals surface area contributed by atoms with Crippen LogP contribution in [-0.4, -0.2) is 48.7 Å². The van der Waals surface area contributed by atoms with Crippen molar-refractivity contribution in [2.75, 3.05) is 38.3 Å². The molecule has 0 bridgehead atoms. The first-order valence-electron chi connectivity index (χ1n) is 4.57. The van der Waals surface area contributed by atoms with Crippen LogP contribution in [0.15, 0.2) is 0 Å². The van der Waals surface area contributed by atoms with E-state index in [0.29, 0.717) is 18.8 Å². The summed E-state index contributed by atoms with van der Waals surface area (Å²) in [5.74, 6) is 0.608. The fourth-order valence-electron chi connectivity index (χ4n) is 0.858. The van der Waals surface area contributed by atoms with Gasteiger partial charge in [0.05, 0.1) is 6.61 Å². The normalized spacial score (nSPS) is 14.1. The number of ether oxygens (including phenoxy) is 1. The molecular formula is C8H16F3NO2S. The summed E-state index contributed by atoms with van der Waals surface area (Å²) in [5.41, 5.74) is 0. The molecule has 0 aromatic heterocycles. The Hall–Kier alpha value is -0.140. The second-order valence-electron chi connectivity index (χ2n) is 3.05. The number of hydrogen-bond donors (Lipinski definition) is 1. The first-order chi connectivity index (χ1) is 6.92. The van der Waals surface area contributed by atoms with Gasteiger partial charge in [0.25, 0.3) is 0 Å². The maximum Gasteiger partial charge on any atom is 0.411 e. The van der Waals surface area contributed by atoms with Gasteiger partial charge in [-0.15, -0.1) is 0 Å². The summed E-state index contributed by atoms with van der Waals surface area (Å²) in [7, 11) is -0.806. The second-order valence-corrected chi connectivity index (χ2v) is 4.60. The summed E-state index contributed by atoms with van der Waals surface area (Å²) in [6, 6.07) is 0. The molecule has 0 fully saturated rings. The average molecular weight is 247 g/mol.